The van der Waals surface area contributed by atoms with Crippen molar-refractivity contribution in [2.45, 2.75) is 12.7 Å². The fraction of sp³-hybridized carbons (Fsp3) is 0.143. The smallest absolute Gasteiger partial charge is 0.406 e. The maximum Gasteiger partial charge on any atom is 0.573 e. The fourth-order valence-electron chi connectivity index (χ4n) is 1.54. The summed E-state index contributed by atoms with van der Waals surface area (Å²) in [6, 6.07) is 9.20. The molecule has 0 aliphatic rings. The molecular weight excluding hydrogens is 342 g/mol. The van der Waals surface area contributed by atoms with Crippen LogP contribution >= 0.6 is 0 Å². The Hall–Kier alpha value is -2.78. The summed E-state index contributed by atoms with van der Waals surface area (Å²) in [4.78, 5) is 0. The van der Waals surface area contributed by atoms with Gasteiger partial charge in [-0.1, -0.05) is 0 Å². The summed E-state index contributed by atoms with van der Waals surface area (Å²) < 4.78 is 79.4. The van der Waals surface area contributed by atoms with Crippen LogP contribution in [0.4, 0.5) is 37.7 Å². The van der Waals surface area contributed by atoms with E-state index in [1.807, 2.05) is 0 Å². The van der Waals surface area contributed by atoms with Crippen LogP contribution in [0.15, 0.2) is 58.8 Å². The molecule has 0 fully saturated rings. The number of benzene rings is 2. The number of hydrogen-bond donors (Lipinski definition) is 0. The lowest BCUT2D eigenvalue weighted by Crippen LogP contribution is -2.16. The third kappa shape index (κ3) is 6.15. The zero-order chi connectivity index (χ0) is 17.8. The molecule has 2 aromatic rings. The van der Waals surface area contributed by atoms with E-state index in [9.17, 15) is 26.3 Å². The maximum absolute atomic E-state index is 12.0. The van der Waals surface area contributed by atoms with E-state index in [1.54, 1.807) is 0 Å². The number of halogens is 6. The van der Waals surface area contributed by atoms with Crippen LogP contribution in [0, 0.1) is 0 Å². The van der Waals surface area contributed by atoms with E-state index in [4.69, 9.17) is 0 Å². The molecule has 0 aliphatic heterocycles. The van der Waals surface area contributed by atoms with Crippen LogP contribution in [0.1, 0.15) is 0 Å². The lowest BCUT2D eigenvalue weighted by atomic mass is 10.3. The molecule has 0 amide bonds. The highest BCUT2D eigenvalue weighted by atomic mass is 19.4. The lowest BCUT2D eigenvalue weighted by Gasteiger charge is -2.08. The Kier molecular flexibility index (Phi) is 4.96. The van der Waals surface area contributed by atoms with Crippen molar-refractivity contribution in [3.8, 4) is 11.5 Å². The predicted molar refractivity (Wildman–Crippen MR) is 70.4 cm³/mol. The molecule has 0 aromatic heterocycles. The van der Waals surface area contributed by atoms with E-state index < -0.39 is 24.2 Å². The molecule has 2 rings (SSSR count). The molecule has 2 aromatic carbocycles. The molecule has 0 bridgehead atoms. The molecular formula is C14H8F6N2O2. The van der Waals surface area contributed by atoms with Crippen LogP contribution in [0.3, 0.4) is 0 Å². The Labute approximate surface area is 131 Å². The lowest BCUT2D eigenvalue weighted by molar-refractivity contribution is -0.275. The van der Waals surface area contributed by atoms with Gasteiger partial charge in [0, 0.05) is 0 Å². The van der Waals surface area contributed by atoms with Crippen LogP contribution in [0.2, 0.25) is 0 Å². The van der Waals surface area contributed by atoms with Crippen molar-refractivity contribution >= 4 is 11.4 Å². The van der Waals surface area contributed by atoms with Crippen molar-refractivity contribution in [3.63, 3.8) is 0 Å². The van der Waals surface area contributed by atoms with Gasteiger partial charge in [0.25, 0.3) is 0 Å². The van der Waals surface area contributed by atoms with Crippen molar-refractivity contribution in [1.82, 2.24) is 0 Å². The number of hydrogen-bond acceptors (Lipinski definition) is 4. The van der Waals surface area contributed by atoms with E-state index >= 15 is 0 Å². The highest BCUT2D eigenvalue weighted by Gasteiger charge is 2.31. The summed E-state index contributed by atoms with van der Waals surface area (Å²) in [5.41, 5.74) is 0.472. The topological polar surface area (TPSA) is 43.2 Å². The summed E-state index contributed by atoms with van der Waals surface area (Å²) in [7, 11) is 0. The van der Waals surface area contributed by atoms with Crippen LogP contribution < -0.4 is 9.47 Å². The van der Waals surface area contributed by atoms with Crippen LogP contribution in [0.5, 0.6) is 11.5 Å². The molecule has 0 aliphatic carbocycles. The standard InChI is InChI=1S/C14H8F6N2O2/c15-13(16,17)23-11-5-1-9(2-6-11)21-22-10-3-7-12(8-4-10)24-14(18,19)20/h1-8H. The molecule has 4 nitrogen and oxygen atoms in total. The van der Waals surface area contributed by atoms with Crippen molar-refractivity contribution in [2.75, 3.05) is 0 Å². The second-order valence-corrected chi connectivity index (χ2v) is 4.28. The van der Waals surface area contributed by atoms with E-state index in [-0.39, 0.29) is 11.4 Å². The highest BCUT2D eigenvalue weighted by Crippen LogP contribution is 2.27. The monoisotopic (exact) mass is 350 g/mol. The summed E-state index contributed by atoms with van der Waals surface area (Å²) in [6.07, 6.45) is -9.58. The second-order valence-electron chi connectivity index (χ2n) is 4.28. The Morgan fingerprint density at radius 1 is 0.542 bits per heavy atom. The Balaban J connectivity index is 2.00. The van der Waals surface area contributed by atoms with Crippen molar-refractivity contribution in [3.05, 3.63) is 48.5 Å². The molecule has 0 N–H and O–H groups in total. The first-order valence-corrected chi connectivity index (χ1v) is 6.24. The number of azo groups is 1. The van der Waals surface area contributed by atoms with Crippen molar-refractivity contribution in [1.29, 1.82) is 0 Å². The quantitative estimate of drug-likeness (QED) is 0.509. The molecule has 0 saturated carbocycles. The van der Waals surface area contributed by atoms with Gasteiger partial charge in [0.2, 0.25) is 0 Å². The van der Waals surface area contributed by atoms with Gasteiger partial charge in [0.05, 0.1) is 11.4 Å². The molecule has 0 saturated heterocycles. The number of alkyl halides is 6. The van der Waals surface area contributed by atoms with Crippen LogP contribution in [0.25, 0.3) is 0 Å². The summed E-state index contributed by atoms with van der Waals surface area (Å²) in [5, 5.41) is 7.49. The van der Waals surface area contributed by atoms with Crippen molar-refractivity contribution < 1.29 is 35.8 Å². The van der Waals surface area contributed by atoms with Gasteiger partial charge >= 0.3 is 12.7 Å². The minimum Gasteiger partial charge on any atom is -0.406 e. The zero-order valence-electron chi connectivity index (χ0n) is 11.6. The van der Waals surface area contributed by atoms with E-state index in [1.165, 1.54) is 24.3 Å². The third-order valence-corrected chi connectivity index (χ3v) is 2.42. The van der Waals surface area contributed by atoms with Gasteiger partial charge in [0.15, 0.2) is 0 Å². The van der Waals surface area contributed by atoms with Gasteiger partial charge in [-0.2, -0.15) is 10.2 Å². The van der Waals surface area contributed by atoms with Crippen LogP contribution in [-0.4, -0.2) is 12.7 Å². The predicted octanol–water partition coefficient (Wildman–Crippen LogP) is 5.90. The third-order valence-electron chi connectivity index (χ3n) is 2.42. The number of nitrogens with zero attached hydrogens (tertiary/aromatic N) is 2. The normalized spacial score (nSPS) is 12.4. The maximum atomic E-state index is 12.0. The number of ether oxygens (including phenoxy) is 2. The molecule has 0 heterocycles. The highest BCUT2D eigenvalue weighted by molar-refractivity contribution is 5.44. The first-order chi connectivity index (χ1) is 11.1. The Morgan fingerprint density at radius 3 is 1.08 bits per heavy atom. The van der Waals surface area contributed by atoms with Gasteiger partial charge in [-0.05, 0) is 48.5 Å². The minimum absolute atomic E-state index is 0.236. The van der Waals surface area contributed by atoms with E-state index in [0.717, 1.165) is 24.3 Å². The largest absolute Gasteiger partial charge is 0.573 e. The first-order valence-electron chi connectivity index (χ1n) is 6.24. The van der Waals surface area contributed by atoms with Gasteiger partial charge in [-0.15, -0.1) is 26.3 Å². The molecule has 0 unspecified atom stereocenters. The SMILES string of the molecule is FC(F)(F)Oc1ccc(N=Nc2ccc(OC(F)(F)F)cc2)cc1. The fourth-order valence-corrected chi connectivity index (χ4v) is 1.54. The zero-order valence-corrected chi connectivity index (χ0v) is 11.6. The number of rotatable bonds is 4. The molecule has 24 heavy (non-hydrogen) atoms. The molecule has 0 atom stereocenters. The molecule has 0 spiro atoms. The second kappa shape index (κ2) is 6.77. The van der Waals surface area contributed by atoms with E-state index in [2.05, 4.69) is 19.7 Å². The Morgan fingerprint density at radius 2 is 0.833 bits per heavy atom. The Bertz CT molecular complexity index is 632. The molecule has 128 valence electrons. The van der Waals surface area contributed by atoms with Gasteiger partial charge in [-0.3, -0.25) is 0 Å². The van der Waals surface area contributed by atoms with Gasteiger partial charge in [0.1, 0.15) is 11.5 Å². The van der Waals surface area contributed by atoms with Crippen LogP contribution in [-0.2, 0) is 0 Å². The van der Waals surface area contributed by atoms with E-state index in [0.29, 0.717) is 0 Å². The summed E-state index contributed by atoms with van der Waals surface area (Å²) >= 11 is 0. The van der Waals surface area contributed by atoms with Gasteiger partial charge in [-0.25, -0.2) is 0 Å². The van der Waals surface area contributed by atoms with Gasteiger partial charge < -0.3 is 9.47 Å². The van der Waals surface area contributed by atoms with Crippen molar-refractivity contribution in [2.24, 2.45) is 10.2 Å². The average molecular weight is 350 g/mol. The minimum atomic E-state index is -4.79. The average Bonchev–Trinajstić information content (AvgIpc) is 2.45. The summed E-state index contributed by atoms with van der Waals surface area (Å²) in [6.45, 7) is 0. The summed E-state index contributed by atoms with van der Waals surface area (Å²) in [5.74, 6) is -0.815. The molecule has 0 radical (unpaired) electrons. The first kappa shape index (κ1) is 17.6. The molecule has 10 heteroatoms.